The van der Waals surface area contributed by atoms with Crippen LogP contribution in [0.2, 0.25) is 0 Å². The second kappa shape index (κ2) is 7.58. The van der Waals surface area contributed by atoms with Gasteiger partial charge in [0.1, 0.15) is 6.04 Å². The fraction of sp³-hybridized carbons (Fsp3) is 0.435. The third-order valence-electron chi connectivity index (χ3n) is 7.16. The number of fused-ring (bicyclic) bond motifs is 1. The number of likely N-dealkylation sites (tertiary alicyclic amines) is 1. The average molecular weight is 448 g/mol. The molecule has 0 saturated carbocycles. The number of amides is 1. The molecule has 0 radical (unpaired) electrons. The zero-order valence-electron chi connectivity index (χ0n) is 17.9. The van der Waals surface area contributed by atoms with Gasteiger partial charge in [-0.1, -0.05) is 24.3 Å². The maximum atomic E-state index is 13.4. The van der Waals surface area contributed by atoms with E-state index in [-0.39, 0.29) is 11.5 Å². The molecule has 1 amide bonds. The van der Waals surface area contributed by atoms with Crippen LogP contribution in [0.25, 0.3) is 0 Å². The molecule has 1 fully saturated rings. The summed E-state index contributed by atoms with van der Waals surface area (Å²) in [7, 11) is 2.00. The lowest BCUT2D eigenvalue weighted by atomic mass is 9.78. The Labute approximate surface area is 183 Å². The summed E-state index contributed by atoms with van der Waals surface area (Å²) in [5.74, 6) is -0.295. The number of halogens is 3. The molecule has 1 heterocycles. The van der Waals surface area contributed by atoms with E-state index in [0.717, 1.165) is 30.0 Å². The van der Waals surface area contributed by atoms with Crippen molar-refractivity contribution in [3.63, 3.8) is 0 Å². The number of nitrogens with one attached hydrogen (secondary N) is 1. The Hall–Kier alpha value is -2.94. The second-order valence-corrected chi connectivity index (χ2v) is 8.97. The number of nitrogens with zero attached hydrogens (tertiary/aromatic N) is 2. The topological polar surface area (TPSA) is 72.2 Å². The number of carbonyl (C=O) groups is 1. The van der Waals surface area contributed by atoms with Gasteiger partial charge in [0.15, 0.2) is 5.54 Å². The van der Waals surface area contributed by atoms with Crippen LogP contribution >= 0.6 is 0 Å². The molecule has 32 heavy (non-hydrogen) atoms. The number of carbonyl (C=O) groups excluding carboxylic acids is 1. The summed E-state index contributed by atoms with van der Waals surface area (Å²) in [6.45, 7) is 2.81. The number of quaternary nitrogens is 1. The number of nitro benzene ring substituents is 1. The molecule has 2 aliphatic rings. The first-order valence-electron chi connectivity index (χ1n) is 10.6. The van der Waals surface area contributed by atoms with Crippen molar-refractivity contribution in [3.8, 4) is 0 Å². The van der Waals surface area contributed by atoms with E-state index in [9.17, 15) is 28.1 Å². The minimum absolute atomic E-state index is 0.231. The number of likely N-dealkylation sites (N-methyl/N-ethyl adjacent to an activating group) is 1. The van der Waals surface area contributed by atoms with Gasteiger partial charge in [-0.05, 0) is 23.3 Å². The van der Waals surface area contributed by atoms with Crippen molar-refractivity contribution in [2.24, 2.45) is 0 Å². The van der Waals surface area contributed by atoms with E-state index in [1.807, 2.05) is 31.3 Å². The van der Waals surface area contributed by atoms with E-state index < -0.39 is 33.9 Å². The second-order valence-electron chi connectivity index (χ2n) is 8.97. The predicted octanol–water partition coefficient (Wildman–Crippen LogP) is 4.48. The maximum absolute atomic E-state index is 13.4. The maximum Gasteiger partial charge on any atom is 0.416 e. The largest absolute Gasteiger partial charge is 0.416 e. The molecule has 2 aromatic rings. The molecule has 1 aliphatic heterocycles. The molecular formula is C23H25F3N3O3+. The number of alkyl halides is 3. The molecule has 170 valence electrons. The van der Waals surface area contributed by atoms with Crippen molar-refractivity contribution in [2.45, 2.75) is 43.9 Å². The van der Waals surface area contributed by atoms with Crippen molar-refractivity contribution in [1.82, 2.24) is 5.32 Å². The van der Waals surface area contributed by atoms with Gasteiger partial charge >= 0.3 is 6.18 Å². The van der Waals surface area contributed by atoms with E-state index in [2.05, 4.69) is 5.32 Å². The van der Waals surface area contributed by atoms with E-state index in [0.29, 0.717) is 30.1 Å². The van der Waals surface area contributed by atoms with Gasteiger partial charge in [0.2, 0.25) is 5.91 Å². The quantitative estimate of drug-likeness (QED) is 0.426. The first-order chi connectivity index (χ1) is 15.0. The Morgan fingerprint density at radius 1 is 1.19 bits per heavy atom. The standard InChI is InChI=1S/C23H24F3N3O3/c1-15(30)27-21-18-8-4-3-7-16(18)14-22(21,29(2)11-5-6-12-29)19-10-9-17(23(24,25)26)13-20(19)28(31)32/h3-4,7-10,13,21H,5-6,11-12,14H2,1-2H3/p+1/t21-,22+/m1/s1. The third-order valence-corrected chi connectivity index (χ3v) is 7.16. The Bertz CT molecular complexity index is 1080. The molecule has 0 unspecified atom stereocenters. The first-order valence-corrected chi connectivity index (χ1v) is 10.6. The van der Waals surface area contributed by atoms with Crippen LogP contribution in [0.4, 0.5) is 18.9 Å². The Kier molecular flexibility index (Phi) is 5.27. The minimum atomic E-state index is -4.70. The van der Waals surface area contributed by atoms with Crippen LogP contribution in [-0.2, 0) is 22.9 Å². The highest BCUT2D eigenvalue weighted by Gasteiger charge is 2.63. The highest BCUT2D eigenvalue weighted by molar-refractivity contribution is 5.74. The van der Waals surface area contributed by atoms with Crippen LogP contribution in [0.15, 0.2) is 42.5 Å². The lowest BCUT2D eigenvalue weighted by molar-refractivity contribution is -0.958. The van der Waals surface area contributed by atoms with Crippen molar-refractivity contribution < 1.29 is 27.4 Å². The summed E-state index contributed by atoms with van der Waals surface area (Å²) < 4.78 is 40.6. The first kappa shape index (κ1) is 22.3. The van der Waals surface area contributed by atoms with Gasteiger partial charge in [-0.3, -0.25) is 14.9 Å². The molecule has 4 rings (SSSR count). The minimum Gasteiger partial charge on any atom is -0.343 e. The molecule has 1 N–H and O–H groups in total. The number of hydrogen-bond acceptors (Lipinski definition) is 3. The molecular weight excluding hydrogens is 423 g/mol. The summed E-state index contributed by atoms with van der Waals surface area (Å²) in [6.07, 6.45) is -2.51. The Balaban J connectivity index is 2.04. The molecule has 2 aromatic carbocycles. The van der Waals surface area contributed by atoms with Crippen LogP contribution in [0, 0.1) is 10.1 Å². The third kappa shape index (κ3) is 3.35. The van der Waals surface area contributed by atoms with E-state index >= 15 is 0 Å². The summed E-state index contributed by atoms with van der Waals surface area (Å²) in [6, 6.07) is 9.71. The summed E-state index contributed by atoms with van der Waals surface area (Å²) >= 11 is 0. The average Bonchev–Trinajstić information content (AvgIpc) is 3.30. The lowest BCUT2D eigenvalue weighted by Gasteiger charge is -2.50. The van der Waals surface area contributed by atoms with E-state index in [4.69, 9.17) is 0 Å². The van der Waals surface area contributed by atoms with Gasteiger partial charge < -0.3 is 9.80 Å². The summed E-state index contributed by atoms with van der Waals surface area (Å²) in [5, 5.41) is 15.1. The summed E-state index contributed by atoms with van der Waals surface area (Å²) in [4.78, 5) is 23.6. The number of nitro groups is 1. The zero-order chi connectivity index (χ0) is 23.3. The van der Waals surface area contributed by atoms with Crippen molar-refractivity contribution in [1.29, 1.82) is 0 Å². The van der Waals surface area contributed by atoms with Crippen molar-refractivity contribution >= 4 is 11.6 Å². The smallest absolute Gasteiger partial charge is 0.343 e. The number of benzene rings is 2. The number of hydrogen-bond donors (Lipinski definition) is 1. The fourth-order valence-electron chi connectivity index (χ4n) is 5.73. The molecule has 9 heteroatoms. The van der Waals surface area contributed by atoms with Gasteiger partial charge in [-0.25, -0.2) is 0 Å². The monoisotopic (exact) mass is 448 g/mol. The highest BCUT2D eigenvalue weighted by atomic mass is 19.4. The van der Waals surface area contributed by atoms with Crippen molar-refractivity contribution in [2.75, 3.05) is 20.1 Å². The van der Waals surface area contributed by atoms with Gasteiger partial charge in [-0.2, -0.15) is 13.2 Å². The SMILES string of the molecule is CC(=O)N[C@@H]1c2ccccc2C[C@@]1(c1ccc(C(F)(F)F)cc1[N+](=O)[O-])[N+]1(C)CCCC1. The zero-order valence-corrected chi connectivity index (χ0v) is 17.9. The Morgan fingerprint density at radius 3 is 2.44 bits per heavy atom. The molecule has 2 atom stereocenters. The molecule has 1 aliphatic carbocycles. The molecule has 0 aromatic heterocycles. The summed E-state index contributed by atoms with van der Waals surface area (Å²) in [5.41, 5.74) is -0.601. The molecule has 1 saturated heterocycles. The predicted molar refractivity (Wildman–Crippen MR) is 112 cm³/mol. The normalized spacial score (nSPS) is 24.2. The van der Waals surface area contributed by atoms with E-state index in [1.165, 1.54) is 13.0 Å². The van der Waals surface area contributed by atoms with Crippen LogP contribution in [0.5, 0.6) is 0 Å². The van der Waals surface area contributed by atoms with Crippen LogP contribution in [-0.4, -0.2) is 35.5 Å². The van der Waals surface area contributed by atoms with Crippen LogP contribution in [0.1, 0.15) is 48.1 Å². The van der Waals surface area contributed by atoms with Gasteiger partial charge in [0, 0.05) is 32.3 Å². The van der Waals surface area contributed by atoms with Gasteiger partial charge in [0.05, 0.1) is 36.2 Å². The van der Waals surface area contributed by atoms with E-state index in [1.54, 1.807) is 0 Å². The van der Waals surface area contributed by atoms with Crippen LogP contribution in [0.3, 0.4) is 0 Å². The number of rotatable bonds is 4. The lowest BCUT2D eigenvalue weighted by Crippen LogP contribution is -2.63. The van der Waals surface area contributed by atoms with Gasteiger partial charge in [-0.15, -0.1) is 0 Å². The Morgan fingerprint density at radius 2 is 1.84 bits per heavy atom. The van der Waals surface area contributed by atoms with Crippen LogP contribution < -0.4 is 5.32 Å². The molecule has 6 nitrogen and oxygen atoms in total. The van der Waals surface area contributed by atoms with Gasteiger partial charge in [0.25, 0.3) is 5.69 Å². The van der Waals surface area contributed by atoms with Crippen molar-refractivity contribution in [3.05, 3.63) is 74.8 Å². The fourth-order valence-corrected chi connectivity index (χ4v) is 5.73. The molecule has 0 spiro atoms. The molecule has 0 bridgehead atoms. The highest BCUT2D eigenvalue weighted by Crippen LogP contribution is 2.56.